The van der Waals surface area contributed by atoms with Crippen LogP contribution in [0.2, 0.25) is 0 Å². The second-order valence-corrected chi connectivity index (χ2v) is 5.25. The van der Waals surface area contributed by atoms with Crippen molar-refractivity contribution < 1.29 is 4.74 Å². The Hall–Kier alpha value is -1.15. The summed E-state index contributed by atoms with van der Waals surface area (Å²) in [6, 6.07) is 0. The molecule has 2 nitrogen and oxygen atoms in total. The molecule has 1 heterocycles. The largest absolute Gasteiger partial charge is 0.356 e. The van der Waals surface area contributed by atoms with Gasteiger partial charge in [0.25, 0.3) is 0 Å². The van der Waals surface area contributed by atoms with E-state index in [-0.39, 0.29) is 5.92 Å². The highest BCUT2D eigenvalue weighted by Crippen LogP contribution is 2.41. The molecule has 0 aromatic rings. The molecule has 0 saturated carbocycles. The molecule has 2 aliphatic rings. The molecule has 0 fully saturated rings. The van der Waals surface area contributed by atoms with Crippen molar-refractivity contribution in [3.63, 3.8) is 0 Å². The first kappa shape index (κ1) is 12.3. The highest BCUT2D eigenvalue weighted by molar-refractivity contribution is 5.95. The van der Waals surface area contributed by atoms with E-state index in [1.807, 2.05) is 6.92 Å². The first-order chi connectivity index (χ1) is 7.98. The second kappa shape index (κ2) is 4.26. The van der Waals surface area contributed by atoms with E-state index in [2.05, 4.69) is 50.1 Å². The molecule has 1 aliphatic heterocycles. The van der Waals surface area contributed by atoms with Crippen molar-refractivity contribution in [3.8, 4) is 0 Å². The molecule has 17 heavy (non-hydrogen) atoms. The average Bonchev–Trinajstić information content (AvgIpc) is 2.28. The van der Waals surface area contributed by atoms with Gasteiger partial charge in [-0.25, -0.2) is 0 Å². The number of dihydropyridines is 1. The van der Waals surface area contributed by atoms with Gasteiger partial charge in [-0.2, -0.15) is 0 Å². The molecule has 0 spiro atoms. The van der Waals surface area contributed by atoms with Gasteiger partial charge in [-0.3, -0.25) is 4.99 Å². The third-order valence-corrected chi connectivity index (χ3v) is 3.62. The minimum Gasteiger partial charge on any atom is -0.356 e. The lowest BCUT2D eigenvalue weighted by atomic mass is 9.76. The van der Waals surface area contributed by atoms with Crippen molar-refractivity contribution in [1.82, 2.24) is 0 Å². The maximum atomic E-state index is 5.64. The summed E-state index contributed by atoms with van der Waals surface area (Å²) in [5.74, 6) is 0.763. The summed E-state index contributed by atoms with van der Waals surface area (Å²) in [5, 5.41) is 0. The number of ether oxygens (including phenoxy) is 1. The fraction of sp³-hybridized carbons (Fsp3) is 0.533. The van der Waals surface area contributed by atoms with E-state index >= 15 is 0 Å². The Morgan fingerprint density at radius 3 is 2.71 bits per heavy atom. The Morgan fingerprint density at radius 1 is 1.41 bits per heavy atom. The molecule has 92 valence electrons. The zero-order valence-corrected chi connectivity index (χ0v) is 11.3. The molecular formula is C15H21NO. The van der Waals surface area contributed by atoms with Gasteiger partial charge < -0.3 is 4.74 Å². The molecule has 0 N–H and O–H groups in total. The number of allylic oxidation sites excluding steroid dienone is 4. The molecule has 2 unspecified atom stereocenters. The summed E-state index contributed by atoms with van der Waals surface area (Å²) in [6.45, 7) is 8.56. The number of hydrogen-bond acceptors (Lipinski definition) is 2. The molecule has 0 amide bonds. The number of methoxy groups -OCH3 is 1. The predicted octanol–water partition coefficient (Wildman–Crippen LogP) is 3.52. The van der Waals surface area contributed by atoms with Gasteiger partial charge >= 0.3 is 0 Å². The Kier molecular flexibility index (Phi) is 3.09. The van der Waals surface area contributed by atoms with Gasteiger partial charge in [0.2, 0.25) is 0 Å². The highest BCUT2D eigenvalue weighted by Gasteiger charge is 2.39. The normalized spacial score (nSPS) is 31.9. The van der Waals surface area contributed by atoms with Crippen LogP contribution in [0.25, 0.3) is 0 Å². The van der Waals surface area contributed by atoms with Crippen LogP contribution >= 0.6 is 0 Å². The van der Waals surface area contributed by atoms with Gasteiger partial charge in [0.1, 0.15) is 0 Å². The number of rotatable bonds is 2. The summed E-state index contributed by atoms with van der Waals surface area (Å²) in [4.78, 5) is 4.65. The van der Waals surface area contributed by atoms with E-state index in [4.69, 9.17) is 4.74 Å². The lowest BCUT2D eigenvalue weighted by molar-refractivity contribution is -0.0112. The van der Waals surface area contributed by atoms with E-state index in [1.54, 1.807) is 7.11 Å². The minimum atomic E-state index is -0.459. The summed E-state index contributed by atoms with van der Waals surface area (Å²) in [6.07, 6.45) is 8.73. The van der Waals surface area contributed by atoms with Crippen molar-refractivity contribution in [3.05, 3.63) is 35.5 Å². The molecule has 0 aromatic carbocycles. The third kappa shape index (κ3) is 2.02. The minimum absolute atomic E-state index is 0.235. The zero-order valence-electron chi connectivity index (χ0n) is 11.3. The van der Waals surface area contributed by atoms with Crippen LogP contribution in [0.3, 0.4) is 0 Å². The maximum absolute atomic E-state index is 5.64. The summed E-state index contributed by atoms with van der Waals surface area (Å²) in [7, 11) is 1.74. The van der Waals surface area contributed by atoms with E-state index in [0.29, 0.717) is 5.92 Å². The molecule has 0 saturated heterocycles. The quantitative estimate of drug-likeness (QED) is 0.712. The van der Waals surface area contributed by atoms with Crippen molar-refractivity contribution in [2.75, 3.05) is 7.11 Å². The number of nitrogens with zero attached hydrogens (tertiary/aromatic N) is 1. The van der Waals surface area contributed by atoms with Gasteiger partial charge in [0, 0.05) is 12.8 Å². The Morgan fingerprint density at radius 2 is 2.12 bits per heavy atom. The summed E-state index contributed by atoms with van der Waals surface area (Å²) < 4.78 is 5.64. The number of fused-ring (bicyclic) bond motifs is 1. The van der Waals surface area contributed by atoms with E-state index in [0.717, 1.165) is 5.71 Å². The van der Waals surface area contributed by atoms with Crippen molar-refractivity contribution in [2.45, 2.75) is 33.4 Å². The Balaban J connectivity index is 2.49. The van der Waals surface area contributed by atoms with Crippen LogP contribution in [0.1, 0.15) is 27.7 Å². The molecule has 2 heteroatoms. The molecule has 0 bridgehead atoms. The Bertz CT molecular complexity index is 440. The molecule has 0 aromatic heterocycles. The SMILES string of the molecule is COC1(C)N=C(C)C=C2C(C(C)C)=CC=CC21. The van der Waals surface area contributed by atoms with Crippen LogP contribution in [0.15, 0.2) is 40.4 Å². The third-order valence-electron chi connectivity index (χ3n) is 3.62. The zero-order chi connectivity index (χ0) is 12.6. The van der Waals surface area contributed by atoms with E-state index < -0.39 is 5.72 Å². The standard InChI is InChI=1S/C15H21NO/c1-10(2)12-7-6-8-14-13(12)9-11(3)16-15(14,4)17-5/h6-10,14H,1-5H3. The van der Waals surface area contributed by atoms with Crippen LogP contribution in [-0.2, 0) is 4.74 Å². The topological polar surface area (TPSA) is 21.6 Å². The smallest absolute Gasteiger partial charge is 0.166 e. The molecule has 0 radical (unpaired) electrons. The highest BCUT2D eigenvalue weighted by atomic mass is 16.5. The maximum Gasteiger partial charge on any atom is 0.166 e. The first-order valence-corrected chi connectivity index (χ1v) is 6.20. The predicted molar refractivity (Wildman–Crippen MR) is 72.2 cm³/mol. The van der Waals surface area contributed by atoms with Gasteiger partial charge in [0.05, 0.1) is 5.92 Å². The van der Waals surface area contributed by atoms with Gasteiger partial charge in [-0.05, 0) is 37.0 Å². The number of hydrogen-bond donors (Lipinski definition) is 0. The summed E-state index contributed by atoms with van der Waals surface area (Å²) in [5.41, 5.74) is 3.34. The molecule has 2 rings (SSSR count). The fourth-order valence-corrected chi connectivity index (χ4v) is 2.67. The van der Waals surface area contributed by atoms with Gasteiger partial charge in [0.15, 0.2) is 5.72 Å². The first-order valence-electron chi connectivity index (χ1n) is 6.20. The lowest BCUT2D eigenvalue weighted by Gasteiger charge is -2.39. The molecule has 2 atom stereocenters. The van der Waals surface area contributed by atoms with Gasteiger partial charge in [-0.1, -0.05) is 32.1 Å². The van der Waals surface area contributed by atoms with E-state index in [9.17, 15) is 0 Å². The van der Waals surface area contributed by atoms with Crippen LogP contribution in [0, 0.1) is 11.8 Å². The van der Waals surface area contributed by atoms with Crippen LogP contribution in [-0.4, -0.2) is 18.5 Å². The second-order valence-electron chi connectivity index (χ2n) is 5.25. The van der Waals surface area contributed by atoms with Crippen molar-refractivity contribution in [2.24, 2.45) is 16.8 Å². The van der Waals surface area contributed by atoms with Gasteiger partial charge in [-0.15, -0.1) is 0 Å². The number of aliphatic imine (C=N–C) groups is 1. The molecular weight excluding hydrogens is 210 g/mol. The van der Waals surface area contributed by atoms with Crippen LogP contribution < -0.4 is 0 Å². The van der Waals surface area contributed by atoms with Crippen molar-refractivity contribution >= 4 is 5.71 Å². The average molecular weight is 231 g/mol. The summed E-state index contributed by atoms with van der Waals surface area (Å²) >= 11 is 0. The fourth-order valence-electron chi connectivity index (χ4n) is 2.67. The lowest BCUT2D eigenvalue weighted by Crippen LogP contribution is -2.39. The van der Waals surface area contributed by atoms with Crippen LogP contribution in [0.5, 0.6) is 0 Å². The van der Waals surface area contributed by atoms with Crippen LogP contribution in [0.4, 0.5) is 0 Å². The Labute approximate surface area is 104 Å². The van der Waals surface area contributed by atoms with E-state index in [1.165, 1.54) is 11.1 Å². The van der Waals surface area contributed by atoms with Crippen molar-refractivity contribution in [1.29, 1.82) is 0 Å². The molecule has 1 aliphatic carbocycles. The monoisotopic (exact) mass is 231 g/mol.